The SMILES string of the molecule is CC1=NOC(NS(C)(=O)=O)C1C. The van der Waals surface area contributed by atoms with Crippen LogP contribution in [-0.2, 0) is 14.9 Å². The molecule has 0 aromatic rings. The highest BCUT2D eigenvalue weighted by atomic mass is 32.2. The molecule has 0 aliphatic carbocycles. The highest BCUT2D eigenvalue weighted by molar-refractivity contribution is 7.88. The molecule has 0 amide bonds. The number of nitrogens with zero attached hydrogens (tertiary/aromatic N) is 1. The second-order valence-corrected chi connectivity index (χ2v) is 4.72. The van der Waals surface area contributed by atoms with Crippen LogP contribution in [0.15, 0.2) is 5.16 Å². The highest BCUT2D eigenvalue weighted by Crippen LogP contribution is 2.15. The average molecular weight is 192 g/mol. The van der Waals surface area contributed by atoms with Crippen LogP contribution in [0.5, 0.6) is 0 Å². The molecule has 5 nitrogen and oxygen atoms in total. The van der Waals surface area contributed by atoms with Gasteiger partial charge in [-0.1, -0.05) is 12.1 Å². The summed E-state index contributed by atoms with van der Waals surface area (Å²) in [6.45, 7) is 3.66. The zero-order valence-electron chi connectivity index (χ0n) is 7.23. The Labute approximate surface area is 71.8 Å². The standard InChI is InChI=1S/C6H12N2O3S/c1-4-5(2)7-11-6(4)8-12(3,9)10/h4,6,8H,1-3H3. The molecule has 6 heteroatoms. The molecule has 1 heterocycles. The molecule has 0 radical (unpaired) electrons. The van der Waals surface area contributed by atoms with Crippen molar-refractivity contribution in [2.45, 2.75) is 20.1 Å². The second kappa shape index (κ2) is 3.02. The molecule has 0 aromatic carbocycles. The van der Waals surface area contributed by atoms with E-state index < -0.39 is 16.3 Å². The number of hydrogen-bond donors (Lipinski definition) is 1. The van der Waals surface area contributed by atoms with Crippen molar-refractivity contribution >= 4 is 15.7 Å². The number of rotatable bonds is 2. The molecule has 1 N–H and O–H groups in total. The third kappa shape index (κ3) is 2.18. The molecule has 1 aliphatic rings. The van der Waals surface area contributed by atoms with E-state index in [-0.39, 0.29) is 5.92 Å². The lowest BCUT2D eigenvalue weighted by molar-refractivity contribution is 0.0577. The monoisotopic (exact) mass is 192 g/mol. The fourth-order valence-corrected chi connectivity index (χ4v) is 1.54. The maximum Gasteiger partial charge on any atom is 0.211 e. The predicted molar refractivity (Wildman–Crippen MR) is 45.1 cm³/mol. The Hall–Kier alpha value is -0.620. The van der Waals surface area contributed by atoms with E-state index in [9.17, 15) is 8.42 Å². The number of hydrogen-bond acceptors (Lipinski definition) is 4. The van der Waals surface area contributed by atoms with Crippen molar-refractivity contribution in [3.05, 3.63) is 0 Å². The second-order valence-electron chi connectivity index (χ2n) is 2.94. The topological polar surface area (TPSA) is 67.8 Å². The average Bonchev–Trinajstić information content (AvgIpc) is 2.16. The van der Waals surface area contributed by atoms with Crippen molar-refractivity contribution in [1.82, 2.24) is 4.72 Å². The van der Waals surface area contributed by atoms with Gasteiger partial charge in [-0.2, -0.15) is 4.72 Å². The smallest absolute Gasteiger partial charge is 0.211 e. The zero-order valence-corrected chi connectivity index (χ0v) is 8.05. The molecule has 2 atom stereocenters. The molecule has 0 saturated carbocycles. The molecule has 0 saturated heterocycles. The summed E-state index contributed by atoms with van der Waals surface area (Å²) in [4.78, 5) is 4.85. The van der Waals surface area contributed by atoms with Gasteiger partial charge in [0.15, 0.2) is 6.23 Å². The van der Waals surface area contributed by atoms with Gasteiger partial charge in [-0.3, -0.25) is 0 Å². The van der Waals surface area contributed by atoms with E-state index in [0.29, 0.717) is 0 Å². The molecule has 0 fully saturated rings. The van der Waals surface area contributed by atoms with Crippen molar-refractivity contribution in [3.63, 3.8) is 0 Å². The first-order valence-electron chi connectivity index (χ1n) is 3.58. The largest absolute Gasteiger partial charge is 0.375 e. The van der Waals surface area contributed by atoms with E-state index in [2.05, 4.69) is 9.88 Å². The fraction of sp³-hybridized carbons (Fsp3) is 0.833. The molecule has 0 bridgehead atoms. The Morgan fingerprint density at radius 2 is 2.17 bits per heavy atom. The van der Waals surface area contributed by atoms with Crippen molar-refractivity contribution in [1.29, 1.82) is 0 Å². The predicted octanol–water partition coefficient (Wildman–Crippen LogP) is -0.0961. The van der Waals surface area contributed by atoms with Gasteiger partial charge in [-0.05, 0) is 6.92 Å². The van der Waals surface area contributed by atoms with Gasteiger partial charge in [0, 0.05) is 0 Å². The van der Waals surface area contributed by atoms with Crippen LogP contribution in [0, 0.1) is 5.92 Å². The minimum Gasteiger partial charge on any atom is -0.375 e. The minimum atomic E-state index is -3.21. The van der Waals surface area contributed by atoms with E-state index in [0.717, 1.165) is 12.0 Å². The summed E-state index contributed by atoms with van der Waals surface area (Å²) in [6.07, 6.45) is 0.552. The van der Waals surface area contributed by atoms with Gasteiger partial charge in [0.05, 0.1) is 17.9 Å². The van der Waals surface area contributed by atoms with Crippen molar-refractivity contribution in [2.75, 3.05) is 6.26 Å². The lowest BCUT2D eigenvalue weighted by Gasteiger charge is -2.13. The molecule has 12 heavy (non-hydrogen) atoms. The van der Waals surface area contributed by atoms with Crippen molar-refractivity contribution in [2.24, 2.45) is 11.1 Å². The number of nitrogens with one attached hydrogen (secondary N) is 1. The molecule has 70 valence electrons. The van der Waals surface area contributed by atoms with E-state index >= 15 is 0 Å². The van der Waals surface area contributed by atoms with E-state index in [1.165, 1.54) is 0 Å². The molecular weight excluding hydrogens is 180 g/mol. The summed E-state index contributed by atoms with van der Waals surface area (Å²) in [5.74, 6) is -0.000255. The summed E-state index contributed by atoms with van der Waals surface area (Å²) >= 11 is 0. The van der Waals surface area contributed by atoms with Gasteiger partial charge in [0.1, 0.15) is 0 Å². The third-order valence-corrected chi connectivity index (χ3v) is 2.41. The van der Waals surface area contributed by atoms with Crippen molar-refractivity contribution in [3.8, 4) is 0 Å². The van der Waals surface area contributed by atoms with E-state index in [4.69, 9.17) is 4.84 Å². The van der Waals surface area contributed by atoms with Crippen LogP contribution in [0.1, 0.15) is 13.8 Å². The third-order valence-electron chi connectivity index (χ3n) is 1.75. The summed E-state index contributed by atoms with van der Waals surface area (Å²) in [6, 6.07) is 0. The van der Waals surface area contributed by atoms with Gasteiger partial charge >= 0.3 is 0 Å². The fourth-order valence-electron chi connectivity index (χ4n) is 0.868. The normalized spacial score (nSPS) is 29.8. The summed E-state index contributed by atoms with van der Waals surface area (Å²) in [5, 5.41) is 3.67. The van der Waals surface area contributed by atoms with Crippen LogP contribution < -0.4 is 4.72 Å². The summed E-state index contributed by atoms with van der Waals surface area (Å²) < 4.78 is 23.9. The Morgan fingerprint density at radius 1 is 1.58 bits per heavy atom. The van der Waals surface area contributed by atoms with Gasteiger partial charge in [0.25, 0.3) is 0 Å². The van der Waals surface area contributed by atoms with Crippen LogP contribution in [0.25, 0.3) is 0 Å². The molecule has 0 aromatic heterocycles. The first-order chi connectivity index (χ1) is 5.40. The van der Waals surface area contributed by atoms with Crippen LogP contribution in [0.2, 0.25) is 0 Å². The van der Waals surface area contributed by atoms with Gasteiger partial charge < -0.3 is 4.84 Å². The molecule has 1 aliphatic heterocycles. The lowest BCUT2D eigenvalue weighted by atomic mass is 10.1. The maximum absolute atomic E-state index is 10.8. The first kappa shape index (κ1) is 9.47. The van der Waals surface area contributed by atoms with Gasteiger partial charge in [-0.15, -0.1) is 0 Å². The van der Waals surface area contributed by atoms with Crippen LogP contribution >= 0.6 is 0 Å². The van der Waals surface area contributed by atoms with Crippen LogP contribution in [0.4, 0.5) is 0 Å². The Balaban J connectivity index is 2.60. The Bertz CT molecular complexity index is 296. The summed E-state index contributed by atoms with van der Waals surface area (Å²) in [7, 11) is -3.21. The van der Waals surface area contributed by atoms with Crippen LogP contribution in [0.3, 0.4) is 0 Å². The maximum atomic E-state index is 10.8. The highest BCUT2D eigenvalue weighted by Gasteiger charge is 2.29. The molecule has 2 unspecified atom stereocenters. The van der Waals surface area contributed by atoms with Gasteiger partial charge in [0.2, 0.25) is 10.0 Å². The summed E-state index contributed by atoms with van der Waals surface area (Å²) in [5.41, 5.74) is 0.802. The molecular formula is C6H12N2O3S. The zero-order chi connectivity index (χ0) is 9.35. The first-order valence-corrected chi connectivity index (χ1v) is 5.47. The number of oxime groups is 1. The van der Waals surface area contributed by atoms with Crippen molar-refractivity contribution < 1.29 is 13.3 Å². The Morgan fingerprint density at radius 3 is 2.50 bits per heavy atom. The number of sulfonamides is 1. The van der Waals surface area contributed by atoms with Crippen LogP contribution in [-0.4, -0.2) is 26.6 Å². The van der Waals surface area contributed by atoms with Gasteiger partial charge in [-0.25, -0.2) is 8.42 Å². The Kier molecular flexibility index (Phi) is 2.39. The minimum absolute atomic E-state index is 0.000255. The van der Waals surface area contributed by atoms with E-state index in [1.54, 1.807) is 6.92 Å². The lowest BCUT2D eigenvalue weighted by Crippen LogP contribution is -2.38. The molecule has 1 rings (SSSR count). The molecule has 0 spiro atoms. The quantitative estimate of drug-likeness (QED) is 0.664. The van der Waals surface area contributed by atoms with E-state index in [1.807, 2.05) is 6.92 Å².